The van der Waals surface area contributed by atoms with E-state index in [0.29, 0.717) is 0 Å². The molecule has 0 radical (unpaired) electrons. The molecule has 1 aliphatic rings. The van der Waals surface area contributed by atoms with Crippen molar-refractivity contribution in [3.63, 3.8) is 0 Å². The summed E-state index contributed by atoms with van der Waals surface area (Å²) in [4.78, 5) is 0. The van der Waals surface area contributed by atoms with Gasteiger partial charge in [0, 0.05) is 12.5 Å². The lowest BCUT2D eigenvalue weighted by molar-refractivity contribution is 0.136. The molecule has 2 aromatic rings. The molecule has 3 rings (SSSR count). The summed E-state index contributed by atoms with van der Waals surface area (Å²) in [5.41, 5.74) is 5.03. The van der Waals surface area contributed by atoms with E-state index in [1.807, 2.05) is 12.1 Å². The van der Waals surface area contributed by atoms with E-state index in [-0.39, 0.29) is 18.2 Å². The summed E-state index contributed by atoms with van der Waals surface area (Å²) in [5, 5.41) is 13.9. The van der Waals surface area contributed by atoms with Gasteiger partial charge in [-0.05, 0) is 30.5 Å². The molecule has 3 atom stereocenters. The Morgan fingerprint density at radius 2 is 1.95 bits per heavy atom. The lowest BCUT2D eigenvalue weighted by Gasteiger charge is -2.23. The van der Waals surface area contributed by atoms with Crippen LogP contribution in [0.15, 0.2) is 48.5 Å². The van der Waals surface area contributed by atoms with Crippen LogP contribution in [0, 0.1) is 6.92 Å². The molecule has 0 spiro atoms. The smallest absolute Gasteiger partial charge is 0.0775 e. The third-order valence-corrected chi connectivity index (χ3v) is 4.18. The van der Waals surface area contributed by atoms with Gasteiger partial charge in [-0.25, -0.2) is 0 Å². The van der Waals surface area contributed by atoms with Gasteiger partial charge in [0.1, 0.15) is 0 Å². The molecule has 2 aromatic carbocycles. The van der Waals surface area contributed by atoms with Gasteiger partial charge in [0.05, 0.1) is 12.1 Å². The standard InChI is InChI=1S/C18H21NO/c1-12-6-5-8-14(10-12)13(2)19-18-16-9-4-3-7-15(16)11-17(18)20/h3-10,13,17-20H,11H2,1-2H3. The van der Waals surface area contributed by atoms with Crippen molar-refractivity contribution in [3.05, 3.63) is 70.8 Å². The Labute approximate surface area is 120 Å². The Morgan fingerprint density at radius 1 is 1.15 bits per heavy atom. The highest BCUT2D eigenvalue weighted by atomic mass is 16.3. The Kier molecular flexibility index (Phi) is 3.60. The van der Waals surface area contributed by atoms with Crippen LogP contribution < -0.4 is 5.32 Å². The van der Waals surface area contributed by atoms with E-state index >= 15 is 0 Å². The molecule has 0 aliphatic heterocycles. The van der Waals surface area contributed by atoms with Gasteiger partial charge in [0.2, 0.25) is 0 Å². The van der Waals surface area contributed by atoms with Gasteiger partial charge in [0.25, 0.3) is 0 Å². The number of hydrogen-bond acceptors (Lipinski definition) is 2. The predicted octanol–water partition coefficient (Wildman–Crippen LogP) is 3.30. The monoisotopic (exact) mass is 267 g/mol. The number of aryl methyl sites for hydroxylation is 1. The third kappa shape index (κ3) is 2.49. The molecule has 104 valence electrons. The summed E-state index contributed by atoms with van der Waals surface area (Å²) in [6.45, 7) is 4.26. The molecule has 3 unspecified atom stereocenters. The number of rotatable bonds is 3. The lowest BCUT2D eigenvalue weighted by atomic mass is 10.0. The quantitative estimate of drug-likeness (QED) is 0.894. The van der Waals surface area contributed by atoms with Gasteiger partial charge in [0.15, 0.2) is 0 Å². The Morgan fingerprint density at radius 3 is 2.75 bits per heavy atom. The minimum absolute atomic E-state index is 0.0294. The number of aliphatic hydroxyl groups excluding tert-OH is 1. The van der Waals surface area contributed by atoms with Crippen molar-refractivity contribution in [3.8, 4) is 0 Å². The van der Waals surface area contributed by atoms with Gasteiger partial charge in [-0.15, -0.1) is 0 Å². The highest BCUT2D eigenvalue weighted by Crippen LogP contribution is 2.33. The zero-order chi connectivity index (χ0) is 14.1. The summed E-state index contributed by atoms with van der Waals surface area (Å²) >= 11 is 0. The highest BCUT2D eigenvalue weighted by molar-refractivity contribution is 5.37. The molecule has 0 saturated heterocycles. The van der Waals surface area contributed by atoms with Crippen LogP contribution in [0.4, 0.5) is 0 Å². The highest BCUT2D eigenvalue weighted by Gasteiger charge is 2.31. The summed E-state index contributed by atoms with van der Waals surface area (Å²) in [5.74, 6) is 0. The van der Waals surface area contributed by atoms with Crippen LogP contribution in [0.2, 0.25) is 0 Å². The molecule has 0 aromatic heterocycles. The maximum absolute atomic E-state index is 10.3. The van der Waals surface area contributed by atoms with Crippen molar-refractivity contribution in [2.45, 2.75) is 38.5 Å². The summed E-state index contributed by atoms with van der Waals surface area (Å²) in [6, 6.07) is 17.1. The van der Waals surface area contributed by atoms with Crippen LogP contribution in [0.3, 0.4) is 0 Å². The van der Waals surface area contributed by atoms with Crippen LogP contribution in [0.25, 0.3) is 0 Å². The van der Waals surface area contributed by atoms with E-state index in [1.165, 1.54) is 22.3 Å². The third-order valence-electron chi connectivity index (χ3n) is 4.18. The van der Waals surface area contributed by atoms with Crippen molar-refractivity contribution in [1.29, 1.82) is 0 Å². The Hall–Kier alpha value is -1.64. The van der Waals surface area contributed by atoms with Crippen LogP contribution in [-0.4, -0.2) is 11.2 Å². The molecule has 0 amide bonds. The fourth-order valence-electron chi connectivity index (χ4n) is 3.08. The topological polar surface area (TPSA) is 32.3 Å². The summed E-state index contributed by atoms with van der Waals surface area (Å²) in [6.07, 6.45) is 0.411. The second kappa shape index (κ2) is 5.39. The van der Waals surface area contributed by atoms with Gasteiger partial charge in [-0.2, -0.15) is 0 Å². The van der Waals surface area contributed by atoms with Gasteiger partial charge in [-0.3, -0.25) is 0 Å². The number of hydrogen-bond donors (Lipinski definition) is 2. The molecular formula is C18H21NO. The average molecular weight is 267 g/mol. The van der Waals surface area contributed by atoms with Crippen molar-refractivity contribution < 1.29 is 5.11 Å². The SMILES string of the molecule is Cc1cccc(C(C)NC2c3ccccc3CC2O)c1. The molecule has 0 fully saturated rings. The van der Waals surface area contributed by atoms with Crippen LogP contribution in [0.5, 0.6) is 0 Å². The summed E-state index contributed by atoms with van der Waals surface area (Å²) in [7, 11) is 0. The number of benzene rings is 2. The van der Waals surface area contributed by atoms with Crippen LogP contribution in [-0.2, 0) is 6.42 Å². The van der Waals surface area contributed by atoms with Gasteiger partial charge < -0.3 is 10.4 Å². The Balaban J connectivity index is 1.81. The van der Waals surface area contributed by atoms with Gasteiger partial charge in [-0.1, -0.05) is 54.1 Å². The first-order valence-corrected chi connectivity index (χ1v) is 7.23. The molecule has 0 saturated carbocycles. The zero-order valence-electron chi connectivity index (χ0n) is 12.0. The first kappa shape index (κ1) is 13.3. The Bertz CT molecular complexity index is 608. The molecule has 2 nitrogen and oxygen atoms in total. The molecule has 2 N–H and O–H groups in total. The van der Waals surface area contributed by atoms with Crippen molar-refractivity contribution >= 4 is 0 Å². The maximum atomic E-state index is 10.3. The number of nitrogens with one attached hydrogen (secondary N) is 1. The molecule has 2 heteroatoms. The second-order valence-electron chi connectivity index (χ2n) is 5.75. The van der Waals surface area contributed by atoms with E-state index in [9.17, 15) is 5.11 Å². The second-order valence-corrected chi connectivity index (χ2v) is 5.75. The van der Waals surface area contributed by atoms with E-state index in [1.54, 1.807) is 0 Å². The minimum atomic E-state index is -0.334. The number of aliphatic hydroxyl groups is 1. The lowest BCUT2D eigenvalue weighted by Crippen LogP contribution is -2.31. The van der Waals surface area contributed by atoms with E-state index in [4.69, 9.17) is 0 Å². The summed E-state index contributed by atoms with van der Waals surface area (Å²) < 4.78 is 0. The molecule has 0 bridgehead atoms. The molecule has 0 heterocycles. The average Bonchev–Trinajstić information content (AvgIpc) is 2.75. The molecular weight excluding hydrogens is 246 g/mol. The first-order chi connectivity index (χ1) is 9.65. The maximum Gasteiger partial charge on any atom is 0.0775 e. The van der Waals surface area contributed by atoms with Gasteiger partial charge >= 0.3 is 0 Å². The van der Waals surface area contributed by atoms with E-state index in [2.05, 4.69) is 55.6 Å². The largest absolute Gasteiger partial charge is 0.391 e. The van der Waals surface area contributed by atoms with Crippen molar-refractivity contribution in [1.82, 2.24) is 5.32 Å². The zero-order valence-corrected chi connectivity index (χ0v) is 12.0. The van der Waals surface area contributed by atoms with Crippen LogP contribution in [0.1, 0.15) is 41.3 Å². The predicted molar refractivity (Wildman–Crippen MR) is 81.6 cm³/mol. The molecule has 1 aliphatic carbocycles. The van der Waals surface area contributed by atoms with Crippen molar-refractivity contribution in [2.75, 3.05) is 0 Å². The van der Waals surface area contributed by atoms with E-state index in [0.717, 1.165) is 6.42 Å². The first-order valence-electron chi connectivity index (χ1n) is 7.23. The minimum Gasteiger partial charge on any atom is -0.391 e. The number of fused-ring (bicyclic) bond motifs is 1. The fourth-order valence-corrected chi connectivity index (χ4v) is 3.08. The normalized spacial score (nSPS) is 22.6. The fraction of sp³-hybridized carbons (Fsp3) is 0.333. The van der Waals surface area contributed by atoms with Crippen molar-refractivity contribution in [2.24, 2.45) is 0 Å². The molecule has 20 heavy (non-hydrogen) atoms. The van der Waals surface area contributed by atoms with Crippen LogP contribution >= 0.6 is 0 Å². The van der Waals surface area contributed by atoms with E-state index < -0.39 is 0 Å².